The molecule has 0 spiro atoms. The summed E-state index contributed by atoms with van der Waals surface area (Å²) in [5, 5.41) is 0.710. The summed E-state index contributed by atoms with van der Waals surface area (Å²) in [6.45, 7) is 5.24. The Morgan fingerprint density at radius 1 is 1.08 bits per heavy atom. The summed E-state index contributed by atoms with van der Waals surface area (Å²) in [7, 11) is 0. The maximum absolute atomic E-state index is 6.09. The van der Waals surface area contributed by atoms with Gasteiger partial charge in [-0.15, -0.1) is 0 Å². The zero-order valence-electron chi connectivity index (χ0n) is 14.2. The quantitative estimate of drug-likeness (QED) is 0.491. The average molecular weight is 343 g/mol. The number of fused-ring (bicyclic) bond motifs is 1. The first-order chi connectivity index (χ1) is 11.7. The van der Waals surface area contributed by atoms with Gasteiger partial charge in [0, 0.05) is 11.6 Å². The maximum Gasteiger partial charge on any atom is 0.153 e. The Hall–Kier alpha value is -2.00. The van der Waals surface area contributed by atoms with E-state index >= 15 is 0 Å². The summed E-state index contributed by atoms with van der Waals surface area (Å²) in [6.07, 6.45) is 3.45. The summed E-state index contributed by atoms with van der Waals surface area (Å²) in [6, 6.07) is 15.7. The topological polar surface area (TPSA) is 27.1 Å². The molecule has 0 bridgehead atoms. The molecule has 0 fully saturated rings. The largest absolute Gasteiger partial charge is 0.483 e. The molecule has 4 heteroatoms. The van der Waals surface area contributed by atoms with E-state index in [-0.39, 0.29) is 6.10 Å². The van der Waals surface area contributed by atoms with Crippen molar-refractivity contribution in [1.82, 2.24) is 9.55 Å². The first-order valence-electron chi connectivity index (χ1n) is 8.56. The predicted molar refractivity (Wildman–Crippen MR) is 99.8 cm³/mol. The van der Waals surface area contributed by atoms with Crippen molar-refractivity contribution >= 4 is 22.6 Å². The molecule has 1 unspecified atom stereocenters. The minimum Gasteiger partial charge on any atom is -0.483 e. The van der Waals surface area contributed by atoms with Gasteiger partial charge in [-0.3, -0.25) is 0 Å². The fourth-order valence-corrected chi connectivity index (χ4v) is 3.06. The lowest BCUT2D eigenvalue weighted by Gasteiger charge is -2.17. The van der Waals surface area contributed by atoms with E-state index in [2.05, 4.69) is 29.7 Å². The fraction of sp³-hybridized carbons (Fsp3) is 0.350. The van der Waals surface area contributed by atoms with Crippen LogP contribution < -0.4 is 4.74 Å². The Morgan fingerprint density at radius 2 is 1.83 bits per heavy atom. The molecule has 24 heavy (non-hydrogen) atoms. The van der Waals surface area contributed by atoms with E-state index in [1.807, 2.05) is 37.3 Å². The summed E-state index contributed by atoms with van der Waals surface area (Å²) < 4.78 is 8.39. The van der Waals surface area contributed by atoms with E-state index < -0.39 is 0 Å². The third-order valence-corrected chi connectivity index (χ3v) is 4.41. The molecule has 0 aliphatic carbocycles. The van der Waals surface area contributed by atoms with Crippen LogP contribution in [0.3, 0.4) is 0 Å². The second kappa shape index (κ2) is 7.71. The molecule has 1 heterocycles. The predicted octanol–water partition coefficient (Wildman–Crippen LogP) is 6.02. The number of ether oxygens (including phenoxy) is 1. The van der Waals surface area contributed by atoms with Crippen molar-refractivity contribution in [1.29, 1.82) is 0 Å². The Kier molecular flexibility index (Phi) is 5.41. The molecule has 0 saturated carbocycles. The molecule has 0 amide bonds. The van der Waals surface area contributed by atoms with Crippen LogP contribution in [-0.2, 0) is 6.54 Å². The molecule has 0 radical (unpaired) electrons. The van der Waals surface area contributed by atoms with E-state index in [9.17, 15) is 0 Å². The lowest BCUT2D eigenvalue weighted by Crippen LogP contribution is -2.12. The van der Waals surface area contributed by atoms with E-state index in [0.29, 0.717) is 5.02 Å². The van der Waals surface area contributed by atoms with Gasteiger partial charge in [-0.05, 0) is 49.7 Å². The number of para-hydroxylation sites is 2. The Bertz CT molecular complexity index is 795. The van der Waals surface area contributed by atoms with Gasteiger partial charge in [0.25, 0.3) is 0 Å². The molecule has 2 aromatic carbocycles. The third-order valence-electron chi connectivity index (χ3n) is 4.16. The molecular weight excluding hydrogens is 320 g/mol. The van der Waals surface area contributed by atoms with Gasteiger partial charge in [-0.2, -0.15) is 0 Å². The SMILES string of the molecule is CCCCCn1c(C(C)Oc2ccc(Cl)cc2)nc2ccccc21. The van der Waals surface area contributed by atoms with Gasteiger partial charge in [-0.25, -0.2) is 4.98 Å². The highest BCUT2D eigenvalue weighted by Gasteiger charge is 2.17. The lowest BCUT2D eigenvalue weighted by molar-refractivity contribution is 0.211. The van der Waals surface area contributed by atoms with Crippen molar-refractivity contribution in [2.45, 2.75) is 45.8 Å². The van der Waals surface area contributed by atoms with Crippen LogP contribution >= 0.6 is 11.6 Å². The van der Waals surface area contributed by atoms with Crippen LogP contribution in [0.15, 0.2) is 48.5 Å². The molecular formula is C20H23ClN2O. The van der Waals surface area contributed by atoms with Crippen LogP contribution in [0, 0.1) is 0 Å². The number of unbranched alkanes of at least 4 members (excludes halogenated alkanes) is 2. The molecule has 3 rings (SSSR count). The number of hydrogen-bond acceptors (Lipinski definition) is 2. The minimum absolute atomic E-state index is 0.125. The van der Waals surface area contributed by atoms with Crippen LogP contribution in [0.4, 0.5) is 0 Å². The third kappa shape index (κ3) is 3.73. The Balaban J connectivity index is 1.88. The van der Waals surface area contributed by atoms with E-state index in [1.54, 1.807) is 0 Å². The van der Waals surface area contributed by atoms with Gasteiger partial charge in [-0.1, -0.05) is 43.5 Å². The van der Waals surface area contributed by atoms with E-state index in [4.69, 9.17) is 21.3 Å². The lowest BCUT2D eigenvalue weighted by atomic mass is 10.2. The number of nitrogens with zero attached hydrogens (tertiary/aromatic N) is 2. The fourth-order valence-electron chi connectivity index (χ4n) is 2.93. The molecule has 0 N–H and O–H groups in total. The first-order valence-corrected chi connectivity index (χ1v) is 8.94. The van der Waals surface area contributed by atoms with Crippen molar-refractivity contribution in [3.05, 3.63) is 59.4 Å². The molecule has 0 aliphatic rings. The number of imidazole rings is 1. The second-order valence-electron chi connectivity index (χ2n) is 6.03. The number of aryl methyl sites for hydroxylation is 1. The Labute approximate surface area is 148 Å². The van der Waals surface area contributed by atoms with Gasteiger partial charge in [0.05, 0.1) is 11.0 Å². The molecule has 0 saturated heterocycles. The van der Waals surface area contributed by atoms with Crippen LogP contribution in [-0.4, -0.2) is 9.55 Å². The summed E-state index contributed by atoms with van der Waals surface area (Å²) in [5.74, 6) is 1.78. The van der Waals surface area contributed by atoms with Crippen molar-refractivity contribution < 1.29 is 4.74 Å². The molecule has 3 nitrogen and oxygen atoms in total. The summed E-state index contributed by atoms with van der Waals surface area (Å²) in [5.41, 5.74) is 2.20. The van der Waals surface area contributed by atoms with Crippen LogP contribution in [0.2, 0.25) is 5.02 Å². The van der Waals surface area contributed by atoms with Crippen LogP contribution in [0.25, 0.3) is 11.0 Å². The number of aromatic nitrogens is 2. The molecule has 3 aromatic rings. The van der Waals surface area contributed by atoms with E-state index in [1.165, 1.54) is 18.4 Å². The standard InChI is InChI=1S/C20H23ClN2O/c1-3-4-7-14-23-19-9-6-5-8-18(19)22-20(23)15(2)24-17-12-10-16(21)11-13-17/h5-6,8-13,15H,3-4,7,14H2,1-2H3. The highest BCUT2D eigenvalue weighted by atomic mass is 35.5. The van der Waals surface area contributed by atoms with Crippen molar-refractivity contribution in [3.63, 3.8) is 0 Å². The minimum atomic E-state index is -0.125. The average Bonchev–Trinajstić information content (AvgIpc) is 2.96. The monoisotopic (exact) mass is 342 g/mol. The summed E-state index contributed by atoms with van der Waals surface area (Å²) in [4.78, 5) is 4.82. The molecule has 1 aromatic heterocycles. The zero-order chi connectivity index (χ0) is 16.9. The van der Waals surface area contributed by atoms with Gasteiger partial charge in [0.1, 0.15) is 5.75 Å². The molecule has 126 valence electrons. The van der Waals surface area contributed by atoms with Crippen molar-refractivity contribution in [3.8, 4) is 5.75 Å². The highest BCUT2D eigenvalue weighted by Crippen LogP contribution is 2.26. The number of rotatable bonds is 7. The van der Waals surface area contributed by atoms with Crippen LogP contribution in [0.5, 0.6) is 5.75 Å². The number of benzene rings is 2. The molecule has 0 aliphatic heterocycles. The number of halogens is 1. The van der Waals surface area contributed by atoms with E-state index in [0.717, 1.165) is 30.1 Å². The van der Waals surface area contributed by atoms with Gasteiger partial charge in [0.15, 0.2) is 11.9 Å². The highest BCUT2D eigenvalue weighted by molar-refractivity contribution is 6.30. The van der Waals surface area contributed by atoms with Gasteiger partial charge in [0.2, 0.25) is 0 Å². The smallest absolute Gasteiger partial charge is 0.153 e. The first kappa shape index (κ1) is 16.8. The molecule has 1 atom stereocenters. The Morgan fingerprint density at radius 3 is 2.58 bits per heavy atom. The van der Waals surface area contributed by atoms with Gasteiger partial charge < -0.3 is 9.30 Å². The normalized spacial score (nSPS) is 12.5. The zero-order valence-corrected chi connectivity index (χ0v) is 15.0. The second-order valence-corrected chi connectivity index (χ2v) is 6.47. The van der Waals surface area contributed by atoms with Crippen LogP contribution in [0.1, 0.15) is 45.0 Å². The van der Waals surface area contributed by atoms with Crippen molar-refractivity contribution in [2.24, 2.45) is 0 Å². The maximum atomic E-state index is 6.09. The summed E-state index contributed by atoms with van der Waals surface area (Å²) >= 11 is 5.94. The number of hydrogen-bond donors (Lipinski definition) is 0. The van der Waals surface area contributed by atoms with Gasteiger partial charge >= 0.3 is 0 Å². The van der Waals surface area contributed by atoms with Crippen molar-refractivity contribution in [2.75, 3.05) is 0 Å².